The largest absolute Gasteiger partial charge is 0.451 e. The Hall–Kier alpha value is -1.86. The van der Waals surface area contributed by atoms with Gasteiger partial charge in [0.1, 0.15) is 5.58 Å². The minimum Gasteiger partial charge on any atom is -0.451 e. The van der Waals surface area contributed by atoms with Gasteiger partial charge in [-0.05, 0) is 50.3 Å². The van der Waals surface area contributed by atoms with Crippen molar-refractivity contribution >= 4 is 26.9 Å². The number of carbonyl (C=O) groups is 1. The van der Waals surface area contributed by atoms with Gasteiger partial charge in [0, 0.05) is 30.6 Å². The Morgan fingerprint density at radius 3 is 2.85 bits per heavy atom. The number of amides is 1. The molecule has 0 aliphatic carbocycles. The average Bonchev–Trinajstić information content (AvgIpc) is 2.98. The molecular weight excluding hydrogens is 364 g/mol. The van der Waals surface area contributed by atoms with E-state index in [1.807, 2.05) is 0 Å². The van der Waals surface area contributed by atoms with Gasteiger partial charge in [0.2, 0.25) is 10.0 Å². The van der Waals surface area contributed by atoms with Crippen LogP contribution in [0.2, 0.25) is 0 Å². The number of nitrogens with zero attached hydrogens (tertiary/aromatic N) is 1. The fourth-order valence-corrected chi connectivity index (χ4v) is 5.17. The van der Waals surface area contributed by atoms with Crippen LogP contribution in [0, 0.1) is 12.8 Å². The highest BCUT2D eigenvalue weighted by molar-refractivity contribution is 7.89. The first-order chi connectivity index (χ1) is 12.8. The summed E-state index contributed by atoms with van der Waals surface area (Å²) >= 11 is 0. The zero-order valence-electron chi connectivity index (χ0n) is 16.2. The molecule has 1 aliphatic heterocycles. The molecule has 1 aromatic carbocycles. The molecule has 0 saturated carbocycles. The van der Waals surface area contributed by atoms with Crippen LogP contribution in [0.3, 0.4) is 0 Å². The fraction of sp³-hybridized carbons (Fsp3) is 0.550. The van der Waals surface area contributed by atoms with E-state index in [0.29, 0.717) is 42.1 Å². The third-order valence-corrected chi connectivity index (χ3v) is 7.05. The standard InChI is InChI=1S/C20H28N2O4S/c1-4-5-10-21-20(23)19-15(3)17-12-16(8-9-18(17)26-19)27(24,25)22-11-6-7-14(2)13-22/h8-9,12,14H,4-7,10-11,13H2,1-3H3,(H,21,23)/t14-/m0/s1. The molecule has 2 aromatic rings. The van der Waals surface area contributed by atoms with E-state index in [1.54, 1.807) is 29.4 Å². The fourth-order valence-electron chi connectivity index (χ4n) is 3.55. The molecule has 0 bridgehead atoms. The van der Waals surface area contributed by atoms with Crippen LogP contribution in [0.15, 0.2) is 27.5 Å². The third kappa shape index (κ3) is 4.04. The number of rotatable bonds is 6. The molecule has 6 nitrogen and oxygen atoms in total. The van der Waals surface area contributed by atoms with Crippen molar-refractivity contribution < 1.29 is 17.6 Å². The molecule has 1 aromatic heterocycles. The topological polar surface area (TPSA) is 79.6 Å². The zero-order valence-corrected chi connectivity index (χ0v) is 17.1. The molecular formula is C20H28N2O4S. The van der Waals surface area contributed by atoms with Crippen molar-refractivity contribution in [2.45, 2.75) is 51.3 Å². The van der Waals surface area contributed by atoms with Crippen LogP contribution < -0.4 is 5.32 Å². The maximum Gasteiger partial charge on any atom is 0.287 e. The maximum absolute atomic E-state index is 13.0. The third-order valence-electron chi connectivity index (χ3n) is 5.19. The number of sulfonamides is 1. The lowest BCUT2D eigenvalue weighted by Gasteiger charge is -2.30. The van der Waals surface area contributed by atoms with Crippen LogP contribution in [0.25, 0.3) is 11.0 Å². The molecule has 0 radical (unpaired) electrons. The molecule has 1 fully saturated rings. The van der Waals surface area contributed by atoms with E-state index in [4.69, 9.17) is 4.42 Å². The molecule has 1 atom stereocenters. The monoisotopic (exact) mass is 392 g/mol. The molecule has 1 N–H and O–H groups in total. The van der Waals surface area contributed by atoms with Gasteiger partial charge in [-0.2, -0.15) is 4.31 Å². The van der Waals surface area contributed by atoms with E-state index < -0.39 is 10.0 Å². The number of nitrogens with one attached hydrogen (secondary N) is 1. The number of carbonyl (C=O) groups excluding carboxylic acids is 1. The summed E-state index contributed by atoms with van der Waals surface area (Å²) in [4.78, 5) is 12.6. The molecule has 3 rings (SSSR count). The van der Waals surface area contributed by atoms with Crippen LogP contribution >= 0.6 is 0 Å². The van der Waals surface area contributed by atoms with Gasteiger partial charge in [-0.15, -0.1) is 0 Å². The van der Waals surface area contributed by atoms with Crippen LogP contribution in [0.1, 0.15) is 55.6 Å². The summed E-state index contributed by atoms with van der Waals surface area (Å²) in [6, 6.07) is 4.84. The normalized spacial score (nSPS) is 18.7. The summed E-state index contributed by atoms with van der Waals surface area (Å²) in [6.07, 6.45) is 3.84. The van der Waals surface area contributed by atoms with E-state index in [1.165, 1.54) is 0 Å². The Morgan fingerprint density at radius 2 is 2.15 bits per heavy atom. The molecule has 0 spiro atoms. The lowest BCUT2D eigenvalue weighted by atomic mass is 10.0. The summed E-state index contributed by atoms with van der Waals surface area (Å²) in [5, 5.41) is 3.51. The lowest BCUT2D eigenvalue weighted by Crippen LogP contribution is -2.39. The van der Waals surface area contributed by atoms with Crippen molar-refractivity contribution in [2.24, 2.45) is 5.92 Å². The number of benzene rings is 1. The second-order valence-corrected chi connectivity index (χ2v) is 9.37. The van der Waals surface area contributed by atoms with Crippen molar-refractivity contribution in [1.29, 1.82) is 0 Å². The van der Waals surface area contributed by atoms with Gasteiger partial charge in [-0.25, -0.2) is 8.42 Å². The highest BCUT2D eigenvalue weighted by atomic mass is 32.2. The van der Waals surface area contributed by atoms with Gasteiger partial charge in [0.25, 0.3) is 5.91 Å². The van der Waals surface area contributed by atoms with E-state index in [9.17, 15) is 13.2 Å². The van der Waals surface area contributed by atoms with Crippen molar-refractivity contribution in [3.05, 3.63) is 29.5 Å². The van der Waals surface area contributed by atoms with Gasteiger partial charge in [0.15, 0.2) is 5.76 Å². The average molecular weight is 393 g/mol. The molecule has 1 aliphatic rings. The Morgan fingerprint density at radius 1 is 1.37 bits per heavy atom. The van der Waals surface area contributed by atoms with Crippen molar-refractivity contribution in [3.63, 3.8) is 0 Å². The second kappa shape index (κ2) is 8.02. The Labute approximate surface area is 161 Å². The van der Waals surface area contributed by atoms with Crippen LogP contribution in [-0.4, -0.2) is 38.3 Å². The summed E-state index contributed by atoms with van der Waals surface area (Å²) in [5.41, 5.74) is 1.20. The maximum atomic E-state index is 13.0. The summed E-state index contributed by atoms with van der Waals surface area (Å²) in [6.45, 7) is 7.63. The van der Waals surface area contributed by atoms with E-state index in [2.05, 4.69) is 19.2 Å². The molecule has 2 heterocycles. The predicted octanol–water partition coefficient (Wildman–Crippen LogP) is 3.69. The highest BCUT2D eigenvalue weighted by Gasteiger charge is 2.29. The van der Waals surface area contributed by atoms with E-state index in [-0.39, 0.29) is 16.6 Å². The number of fused-ring (bicyclic) bond motifs is 1. The van der Waals surface area contributed by atoms with Crippen LogP contribution in [0.5, 0.6) is 0 Å². The molecule has 1 saturated heterocycles. The predicted molar refractivity (Wildman–Crippen MR) is 105 cm³/mol. The number of hydrogen-bond acceptors (Lipinski definition) is 4. The molecule has 7 heteroatoms. The van der Waals surface area contributed by atoms with Crippen molar-refractivity contribution in [3.8, 4) is 0 Å². The SMILES string of the molecule is CCCCNC(=O)c1oc2ccc(S(=O)(=O)N3CCC[C@H](C)C3)cc2c1C. The minimum atomic E-state index is -3.54. The van der Waals surface area contributed by atoms with Gasteiger partial charge in [0.05, 0.1) is 4.90 Å². The first-order valence-electron chi connectivity index (χ1n) is 9.66. The Kier molecular flexibility index (Phi) is 5.91. The number of aryl methyl sites for hydroxylation is 1. The van der Waals surface area contributed by atoms with Crippen molar-refractivity contribution in [1.82, 2.24) is 9.62 Å². The molecule has 0 unspecified atom stereocenters. The minimum absolute atomic E-state index is 0.252. The van der Waals surface area contributed by atoms with E-state index in [0.717, 1.165) is 25.7 Å². The van der Waals surface area contributed by atoms with Crippen LogP contribution in [0.4, 0.5) is 0 Å². The molecule has 1 amide bonds. The smallest absolute Gasteiger partial charge is 0.287 e. The van der Waals surface area contributed by atoms with Crippen LogP contribution in [-0.2, 0) is 10.0 Å². The van der Waals surface area contributed by atoms with E-state index >= 15 is 0 Å². The number of piperidine rings is 1. The molecule has 148 valence electrons. The van der Waals surface area contributed by atoms with Gasteiger partial charge in [-0.1, -0.05) is 20.3 Å². The number of unbranched alkanes of at least 4 members (excludes halogenated alkanes) is 1. The first kappa shape index (κ1) is 19.9. The summed E-state index contributed by atoms with van der Waals surface area (Å²) in [7, 11) is -3.54. The highest BCUT2D eigenvalue weighted by Crippen LogP contribution is 2.30. The number of hydrogen-bond donors (Lipinski definition) is 1. The second-order valence-electron chi connectivity index (χ2n) is 7.43. The number of furan rings is 1. The summed E-state index contributed by atoms with van der Waals surface area (Å²) in [5.74, 6) is 0.361. The Balaban J connectivity index is 1.91. The first-order valence-corrected chi connectivity index (χ1v) is 11.1. The summed E-state index contributed by atoms with van der Waals surface area (Å²) < 4.78 is 33.3. The Bertz CT molecular complexity index is 933. The van der Waals surface area contributed by atoms with Gasteiger partial charge in [-0.3, -0.25) is 4.79 Å². The lowest BCUT2D eigenvalue weighted by molar-refractivity contribution is 0.0926. The van der Waals surface area contributed by atoms with Gasteiger partial charge >= 0.3 is 0 Å². The van der Waals surface area contributed by atoms with Crippen molar-refractivity contribution in [2.75, 3.05) is 19.6 Å². The van der Waals surface area contributed by atoms with Gasteiger partial charge < -0.3 is 9.73 Å². The quantitative estimate of drug-likeness (QED) is 0.761. The molecule has 27 heavy (non-hydrogen) atoms. The zero-order chi connectivity index (χ0) is 19.6.